The van der Waals surface area contributed by atoms with Crippen LogP contribution in [0.2, 0.25) is 0 Å². The molecule has 88 valence electrons. The van der Waals surface area contributed by atoms with Gasteiger partial charge in [0, 0.05) is 13.6 Å². The van der Waals surface area contributed by atoms with Crippen LogP contribution in [0.3, 0.4) is 0 Å². The summed E-state index contributed by atoms with van der Waals surface area (Å²) in [6.07, 6.45) is 0.989. The molecule has 4 heteroatoms. The highest BCUT2D eigenvalue weighted by molar-refractivity contribution is 5.40. The standard InChI is InChI=1S/C13H16N4/c1-17(13-8-7-12(14)15-16-13)10-9-11-5-3-2-4-6-11/h2-8H,9-10H2,1H3,(H2,14,15). The van der Waals surface area contributed by atoms with Crippen molar-refractivity contribution >= 4 is 11.6 Å². The molecule has 0 fully saturated rings. The summed E-state index contributed by atoms with van der Waals surface area (Å²) in [5.41, 5.74) is 6.82. The summed E-state index contributed by atoms with van der Waals surface area (Å²) in [6, 6.07) is 14.0. The van der Waals surface area contributed by atoms with E-state index in [1.54, 1.807) is 6.07 Å². The van der Waals surface area contributed by atoms with Crippen molar-refractivity contribution in [3.05, 3.63) is 48.0 Å². The van der Waals surface area contributed by atoms with Crippen molar-refractivity contribution in [3.63, 3.8) is 0 Å². The van der Waals surface area contributed by atoms with Gasteiger partial charge in [-0.25, -0.2) is 0 Å². The monoisotopic (exact) mass is 228 g/mol. The minimum atomic E-state index is 0.449. The average Bonchev–Trinajstić information content (AvgIpc) is 2.38. The molecule has 0 amide bonds. The Labute approximate surface area is 101 Å². The highest BCUT2D eigenvalue weighted by Crippen LogP contribution is 2.09. The number of aromatic nitrogens is 2. The van der Waals surface area contributed by atoms with Gasteiger partial charge < -0.3 is 10.6 Å². The third kappa shape index (κ3) is 3.17. The molecule has 17 heavy (non-hydrogen) atoms. The lowest BCUT2D eigenvalue weighted by Gasteiger charge is -2.17. The Morgan fingerprint density at radius 1 is 1.06 bits per heavy atom. The van der Waals surface area contributed by atoms with Crippen LogP contribution in [0.15, 0.2) is 42.5 Å². The number of benzene rings is 1. The molecule has 0 aliphatic rings. The summed E-state index contributed by atoms with van der Waals surface area (Å²) < 4.78 is 0. The van der Waals surface area contributed by atoms with E-state index in [2.05, 4.69) is 39.4 Å². The van der Waals surface area contributed by atoms with E-state index in [1.165, 1.54) is 5.56 Å². The van der Waals surface area contributed by atoms with Gasteiger partial charge in [0.05, 0.1) is 0 Å². The summed E-state index contributed by atoms with van der Waals surface area (Å²) in [6.45, 7) is 0.905. The van der Waals surface area contributed by atoms with Gasteiger partial charge in [-0.2, -0.15) is 0 Å². The minimum absolute atomic E-state index is 0.449. The van der Waals surface area contributed by atoms with Gasteiger partial charge in [0.2, 0.25) is 0 Å². The lowest BCUT2D eigenvalue weighted by Crippen LogP contribution is -2.21. The second-order valence-electron chi connectivity index (χ2n) is 3.97. The molecule has 2 N–H and O–H groups in total. The van der Waals surface area contributed by atoms with E-state index in [-0.39, 0.29) is 0 Å². The fourth-order valence-electron chi connectivity index (χ4n) is 1.60. The third-order valence-corrected chi connectivity index (χ3v) is 2.64. The number of hydrogen-bond donors (Lipinski definition) is 1. The SMILES string of the molecule is CN(CCc1ccccc1)c1ccc(N)nn1. The zero-order valence-electron chi connectivity index (χ0n) is 9.87. The Kier molecular flexibility index (Phi) is 3.55. The van der Waals surface area contributed by atoms with Crippen molar-refractivity contribution in [2.24, 2.45) is 0 Å². The molecule has 0 radical (unpaired) electrons. The Hall–Kier alpha value is -2.10. The van der Waals surface area contributed by atoms with Gasteiger partial charge in [-0.15, -0.1) is 10.2 Å². The Morgan fingerprint density at radius 2 is 1.82 bits per heavy atom. The molecular formula is C13H16N4. The molecule has 0 aliphatic heterocycles. The molecule has 2 aromatic rings. The summed E-state index contributed by atoms with van der Waals surface area (Å²) in [5, 5.41) is 7.88. The van der Waals surface area contributed by atoms with Crippen LogP contribution >= 0.6 is 0 Å². The van der Waals surface area contributed by atoms with Crippen LogP contribution in [-0.2, 0) is 6.42 Å². The first-order chi connectivity index (χ1) is 8.25. The van der Waals surface area contributed by atoms with Gasteiger partial charge in [-0.3, -0.25) is 0 Å². The third-order valence-electron chi connectivity index (χ3n) is 2.64. The van der Waals surface area contributed by atoms with Gasteiger partial charge in [0.25, 0.3) is 0 Å². The lowest BCUT2D eigenvalue weighted by molar-refractivity contribution is 0.841. The van der Waals surface area contributed by atoms with Crippen LogP contribution in [0.4, 0.5) is 11.6 Å². The molecule has 1 aromatic heterocycles. The van der Waals surface area contributed by atoms with E-state index in [0.29, 0.717) is 5.82 Å². The van der Waals surface area contributed by atoms with Gasteiger partial charge >= 0.3 is 0 Å². The van der Waals surface area contributed by atoms with E-state index in [1.807, 2.05) is 19.2 Å². The molecule has 0 saturated heterocycles. The highest BCUT2D eigenvalue weighted by Gasteiger charge is 2.02. The second-order valence-corrected chi connectivity index (χ2v) is 3.97. The first-order valence-corrected chi connectivity index (χ1v) is 5.60. The molecular weight excluding hydrogens is 212 g/mol. The van der Waals surface area contributed by atoms with Crippen molar-refractivity contribution in [2.75, 3.05) is 24.2 Å². The molecule has 2 rings (SSSR count). The van der Waals surface area contributed by atoms with E-state index < -0.39 is 0 Å². The number of nitrogens with two attached hydrogens (primary N) is 1. The first kappa shape index (κ1) is 11.4. The number of likely N-dealkylation sites (N-methyl/N-ethyl adjacent to an activating group) is 1. The highest BCUT2D eigenvalue weighted by atomic mass is 15.3. The fourth-order valence-corrected chi connectivity index (χ4v) is 1.60. The maximum Gasteiger partial charge on any atom is 0.151 e. The molecule has 0 aliphatic carbocycles. The van der Waals surface area contributed by atoms with Crippen molar-refractivity contribution in [3.8, 4) is 0 Å². The van der Waals surface area contributed by atoms with E-state index >= 15 is 0 Å². The molecule has 0 spiro atoms. The zero-order valence-corrected chi connectivity index (χ0v) is 9.87. The maximum atomic E-state index is 5.50. The van der Waals surface area contributed by atoms with Crippen LogP contribution in [-0.4, -0.2) is 23.8 Å². The Morgan fingerprint density at radius 3 is 2.47 bits per heavy atom. The van der Waals surface area contributed by atoms with Crippen LogP contribution in [0.1, 0.15) is 5.56 Å². The second kappa shape index (κ2) is 5.30. The lowest BCUT2D eigenvalue weighted by atomic mass is 10.1. The van der Waals surface area contributed by atoms with E-state index in [4.69, 9.17) is 5.73 Å². The van der Waals surface area contributed by atoms with Crippen LogP contribution < -0.4 is 10.6 Å². The summed E-state index contributed by atoms with van der Waals surface area (Å²) in [5.74, 6) is 1.29. The normalized spacial score (nSPS) is 10.2. The number of hydrogen-bond acceptors (Lipinski definition) is 4. The maximum absolute atomic E-state index is 5.50. The Bertz CT molecular complexity index is 453. The smallest absolute Gasteiger partial charge is 0.151 e. The number of nitrogens with zero attached hydrogens (tertiary/aromatic N) is 3. The Balaban J connectivity index is 1.93. The van der Waals surface area contributed by atoms with E-state index in [0.717, 1.165) is 18.8 Å². The first-order valence-electron chi connectivity index (χ1n) is 5.60. The molecule has 1 aromatic carbocycles. The number of rotatable bonds is 4. The molecule has 4 nitrogen and oxygen atoms in total. The summed E-state index contributed by atoms with van der Waals surface area (Å²) >= 11 is 0. The summed E-state index contributed by atoms with van der Waals surface area (Å²) in [7, 11) is 2.00. The summed E-state index contributed by atoms with van der Waals surface area (Å²) in [4.78, 5) is 2.07. The predicted molar refractivity (Wildman–Crippen MR) is 69.9 cm³/mol. The van der Waals surface area contributed by atoms with E-state index in [9.17, 15) is 0 Å². The van der Waals surface area contributed by atoms with Gasteiger partial charge in [-0.1, -0.05) is 30.3 Å². The van der Waals surface area contributed by atoms with Crippen LogP contribution in [0, 0.1) is 0 Å². The van der Waals surface area contributed by atoms with Crippen molar-refractivity contribution in [1.82, 2.24) is 10.2 Å². The fraction of sp³-hybridized carbons (Fsp3) is 0.231. The van der Waals surface area contributed by atoms with Crippen molar-refractivity contribution < 1.29 is 0 Å². The minimum Gasteiger partial charge on any atom is -0.382 e. The molecule has 0 saturated carbocycles. The number of anilines is 2. The van der Waals surface area contributed by atoms with Crippen LogP contribution in [0.25, 0.3) is 0 Å². The molecule has 0 unspecified atom stereocenters. The van der Waals surface area contributed by atoms with Crippen LogP contribution in [0.5, 0.6) is 0 Å². The number of nitrogen functional groups attached to an aromatic ring is 1. The quantitative estimate of drug-likeness (QED) is 0.866. The predicted octanol–water partition coefficient (Wildman–Crippen LogP) is 1.74. The topological polar surface area (TPSA) is 55.0 Å². The van der Waals surface area contributed by atoms with Crippen molar-refractivity contribution in [1.29, 1.82) is 0 Å². The molecule has 0 bridgehead atoms. The molecule has 0 atom stereocenters. The largest absolute Gasteiger partial charge is 0.382 e. The average molecular weight is 228 g/mol. The van der Waals surface area contributed by atoms with Crippen molar-refractivity contribution in [2.45, 2.75) is 6.42 Å². The molecule has 1 heterocycles. The van der Waals surface area contributed by atoms with Gasteiger partial charge in [0.1, 0.15) is 5.82 Å². The zero-order chi connectivity index (χ0) is 12.1. The van der Waals surface area contributed by atoms with Gasteiger partial charge in [0.15, 0.2) is 5.82 Å². The van der Waals surface area contributed by atoms with Gasteiger partial charge in [-0.05, 0) is 24.1 Å².